The Hall–Kier alpha value is -0.690. The molecule has 0 bridgehead atoms. The summed E-state index contributed by atoms with van der Waals surface area (Å²) in [5.41, 5.74) is 1.32. The summed E-state index contributed by atoms with van der Waals surface area (Å²) in [5, 5.41) is 0. The van der Waals surface area contributed by atoms with Gasteiger partial charge in [-0.25, -0.2) is 0 Å². The van der Waals surface area contributed by atoms with Gasteiger partial charge in [-0.15, -0.1) is 11.6 Å². The van der Waals surface area contributed by atoms with Gasteiger partial charge in [0.05, 0.1) is 6.61 Å². The monoisotopic (exact) mass is 226 g/mol. The van der Waals surface area contributed by atoms with Crippen molar-refractivity contribution in [3.05, 3.63) is 29.8 Å². The molecule has 15 heavy (non-hydrogen) atoms. The molecule has 0 unspecified atom stereocenters. The number of halogens is 1. The summed E-state index contributed by atoms with van der Waals surface area (Å²) in [4.78, 5) is 0. The molecule has 84 valence electrons. The lowest BCUT2D eigenvalue weighted by molar-refractivity contribution is 0.326. The van der Waals surface area contributed by atoms with Gasteiger partial charge in [0, 0.05) is 5.88 Å². The topological polar surface area (TPSA) is 9.23 Å². The molecule has 1 aromatic carbocycles. The van der Waals surface area contributed by atoms with E-state index in [4.69, 9.17) is 16.3 Å². The third-order valence-electron chi connectivity index (χ3n) is 2.64. The van der Waals surface area contributed by atoms with E-state index in [-0.39, 0.29) is 5.41 Å². The highest BCUT2D eigenvalue weighted by Gasteiger charge is 2.23. The molecule has 0 fully saturated rings. The first-order valence-corrected chi connectivity index (χ1v) is 5.93. The van der Waals surface area contributed by atoms with Crippen LogP contribution in [-0.2, 0) is 5.41 Å². The van der Waals surface area contributed by atoms with Gasteiger partial charge in [-0.2, -0.15) is 0 Å². The Balaban J connectivity index is 3.00. The molecular weight excluding hydrogens is 208 g/mol. The Bertz CT molecular complexity index is 307. The van der Waals surface area contributed by atoms with Gasteiger partial charge in [0.2, 0.25) is 0 Å². The number of para-hydroxylation sites is 1. The van der Waals surface area contributed by atoms with Crippen molar-refractivity contribution in [1.29, 1.82) is 0 Å². The van der Waals surface area contributed by atoms with Crippen molar-refractivity contribution >= 4 is 11.6 Å². The van der Waals surface area contributed by atoms with Gasteiger partial charge in [0.15, 0.2) is 0 Å². The SMILES string of the molecule is CCOc1ccccc1C(C)(C)CCCl. The van der Waals surface area contributed by atoms with Crippen LogP contribution in [0.25, 0.3) is 0 Å². The maximum atomic E-state index is 5.82. The van der Waals surface area contributed by atoms with Crippen LogP contribution in [0.2, 0.25) is 0 Å². The number of hydrogen-bond acceptors (Lipinski definition) is 1. The molecule has 0 N–H and O–H groups in total. The van der Waals surface area contributed by atoms with Crippen LogP contribution in [0.1, 0.15) is 32.8 Å². The fourth-order valence-electron chi connectivity index (χ4n) is 1.68. The van der Waals surface area contributed by atoms with Crippen LogP contribution in [0.15, 0.2) is 24.3 Å². The standard InChI is InChI=1S/C13H19ClO/c1-4-15-12-8-6-5-7-11(12)13(2,3)9-10-14/h5-8H,4,9-10H2,1-3H3. The van der Waals surface area contributed by atoms with Gasteiger partial charge in [-0.1, -0.05) is 32.0 Å². The summed E-state index contributed by atoms with van der Waals surface area (Å²) >= 11 is 5.82. The molecule has 1 nitrogen and oxygen atoms in total. The smallest absolute Gasteiger partial charge is 0.123 e. The van der Waals surface area contributed by atoms with Crippen LogP contribution >= 0.6 is 11.6 Å². The van der Waals surface area contributed by atoms with Crippen molar-refractivity contribution < 1.29 is 4.74 Å². The fourth-order valence-corrected chi connectivity index (χ4v) is 2.15. The number of alkyl halides is 1. The molecule has 0 radical (unpaired) electrons. The first-order chi connectivity index (χ1) is 7.11. The highest BCUT2D eigenvalue weighted by molar-refractivity contribution is 6.17. The van der Waals surface area contributed by atoms with E-state index in [1.165, 1.54) is 5.56 Å². The van der Waals surface area contributed by atoms with E-state index in [1.54, 1.807) is 0 Å². The summed E-state index contributed by atoms with van der Waals surface area (Å²) in [6.45, 7) is 7.11. The van der Waals surface area contributed by atoms with Gasteiger partial charge in [-0.3, -0.25) is 0 Å². The molecule has 1 rings (SSSR count). The van der Waals surface area contributed by atoms with Crippen molar-refractivity contribution in [2.24, 2.45) is 0 Å². The third kappa shape index (κ3) is 3.13. The van der Waals surface area contributed by atoms with Crippen molar-refractivity contribution in [2.75, 3.05) is 12.5 Å². The van der Waals surface area contributed by atoms with Gasteiger partial charge in [0.25, 0.3) is 0 Å². The summed E-state index contributed by atoms with van der Waals surface area (Å²) in [7, 11) is 0. The summed E-state index contributed by atoms with van der Waals surface area (Å²) in [6.07, 6.45) is 0.957. The second kappa shape index (κ2) is 5.41. The third-order valence-corrected chi connectivity index (χ3v) is 2.82. The molecule has 0 aliphatic rings. The minimum absolute atomic E-state index is 0.0769. The van der Waals surface area contributed by atoms with Crippen molar-refractivity contribution in [2.45, 2.75) is 32.6 Å². The maximum Gasteiger partial charge on any atom is 0.123 e. The lowest BCUT2D eigenvalue weighted by atomic mass is 9.81. The number of ether oxygens (including phenoxy) is 1. The number of benzene rings is 1. The average molecular weight is 227 g/mol. The highest BCUT2D eigenvalue weighted by atomic mass is 35.5. The Labute approximate surface area is 97.4 Å². The summed E-state index contributed by atoms with van der Waals surface area (Å²) < 4.78 is 5.63. The lowest BCUT2D eigenvalue weighted by Crippen LogP contribution is -2.19. The van der Waals surface area contributed by atoms with E-state index in [9.17, 15) is 0 Å². The van der Waals surface area contributed by atoms with E-state index >= 15 is 0 Å². The quantitative estimate of drug-likeness (QED) is 0.690. The van der Waals surface area contributed by atoms with Crippen LogP contribution in [0.3, 0.4) is 0 Å². The largest absolute Gasteiger partial charge is 0.494 e. The van der Waals surface area contributed by atoms with Crippen molar-refractivity contribution in [3.8, 4) is 5.75 Å². The molecule has 2 heteroatoms. The van der Waals surface area contributed by atoms with Crippen molar-refractivity contribution in [1.82, 2.24) is 0 Å². The lowest BCUT2D eigenvalue weighted by Gasteiger charge is -2.26. The van der Waals surface area contributed by atoms with Crippen LogP contribution in [0.5, 0.6) is 5.75 Å². The Morgan fingerprint density at radius 3 is 2.53 bits per heavy atom. The minimum atomic E-state index is 0.0769. The van der Waals surface area contributed by atoms with Gasteiger partial charge in [0.1, 0.15) is 5.75 Å². The molecular formula is C13H19ClO. The van der Waals surface area contributed by atoms with Crippen LogP contribution in [0.4, 0.5) is 0 Å². The molecule has 0 saturated carbocycles. The molecule has 0 aliphatic carbocycles. The molecule has 1 aromatic rings. The van der Waals surface area contributed by atoms with Crippen LogP contribution in [0, 0.1) is 0 Å². The Morgan fingerprint density at radius 2 is 1.93 bits per heavy atom. The zero-order valence-electron chi connectivity index (χ0n) is 9.72. The zero-order chi connectivity index (χ0) is 11.3. The average Bonchev–Trinajstić information content (AvgIpc) is 2.19. The first-order valence-electron chi connectivity index (χ1n) is 5.40. The second-order valence-electron chi connectivity index (χ2n) is 4.25. The van der Waals surface area contributed by atoms with E-state index in [0.29, 0.717) is 12.5 Å². The minimum Gasteiger partial charge on any atom is -0.494 e. The Kier molecular flexibility index (Phi) is 4.46. The molecule has 0 spiro atoms. The molecule has 0 saturated heterocycles. The molecule has 0 heterocycles. The highest BCUT2D eigenvalue weighted by Crippen LogP contribution is 2.34. The maximum absolute atomic E-state index is 5.82. The molecule has 0 aromatic heterocycles. The van der Waals surface area contributed by atoms with Crippen molar-refractivity contribution in [3.63, 3.8) is 0 Å². The normalized spacial score (nSPS) is 11.5. The van der Waals surface area contributed by atoms with Gasteiger partial charge < -0.3 is 4.74 Å². The van der Waals surface area contributed by atoms with Crippen LogP contribution in [-0.4, -0.2) is 12.5 Å². The number of hydrogen-bond donors (Lipinski definition) is 0. The molecule has 0 atom stereocenters. The van der Waals surface area contributed by atoms with E-state index in [1.807, 2.05) is 25.1 Å². The van der Waals surface area contributed by atoms with E-state index < -0.39 is 0 Å². The van der Waals surface area contributed by atoms with Gasteiger partial charge in [-0.05, 0) is 30.4 Å². The Morgan fingerprint density at radius 1 is 1.27 bits per heavy atom. The van der Waals surface area contributed by atoms with E-state index in [0.717, 1.165) is 12.2 Å². The predicted molar refractivity (Wildman–Crippen MR) is 66.0 cm³/mol. The predicted octanol–water partition coefficient (Wildman–Crippen LogP) is 3.99. The second-order valence-corrected chi connectivity index (χ2v) is 4.63. The van der Waals surface area contributed by atoms with E-state index in [2.05, 4.69) is 19.9 Å². The summed E-state index contributed by atoms with van der Waals surface area (Å²) in [5.74, 6) is 1.66. The zero-order valence-corrected chi connectivity index (χ0v) is 10.5. The van der Waals surface area contributed by atoms with Crippen LogP contribution < -0.4 is 4.74 Å². The molecule has 0 amide bonds. The molecule has 0 aliphatic heterocycles. The fraction of sp³-hybridized carbons (Fsp3) is 0.538. The number of rotatable bonds is 5. The first kappa shape index (κ1) is 12.4. The summed E-state index contributed by atoms with van der Waals surface area (Å²) in [6, 6.07) is 8.20. The van der Waals surface area contributed by atoms with Gasteiger partial charge >= 0.3 is 0 Å².